The summed E-state index contributed by atoms with van der Waals surface area (Å²) >= 11 is 0. The van der Waals surface area contributed by atoms with Gasteiger partial charge in [0.1, 0.15) is 0 Å². The van der Waals surface area contributed by atoms with Gasteiger partial charge in [0.05, 0.1) is 11.9 Å². The van der Waals surface area contributed by atoms with E-state index in [0.29, 0.717) is 19.1 Å². The van der Waals surface area contributed by atoms with Gasteiger partial charge in [-0.3, -0.25) is 4.21 Å². The van der Waals surface area contributed by atoms with Crippen molar-refractivity contribution in [2.24, 2.45) is 11.7 Å². The molecule has 4 heteroatoms. The fourth-order valence-electron chi connectivity index (χ4n) is 1.51. The summed E-state index contributed by atoms with van der Waals surface area (Å²) in [5.41, 5.74) is 5.94. The third kappa shape index (κ3) is 2.78. The maximum atomic E-state index is 12.1. The predicted molar refractivity (Wildman–Crippen MR) is 59.6 cm³/mol. The smallest absolute Gasteiger partial charge is 0.0736 e. The van der Waals surface area contributed by atoms with Crippen LogP contribution < -0.4 is 5.73 Å². The highest BCUT2D eigenvalue weighted by atomic mass is 32.2. The topological polar surface area (TPSA) is 52.3 Å². The highest BCUT2D eigenvalue weighted by molar-refractivity contribution is 7.86. The molecule has 0 amide bonds. The number of nitrogens with two attached hydrogens (primary N) is 1. The second-order valence-electron chi connectivity index (χ2n) is 4.34. The molecule has 0 aliphatic carbocycles. The van der Waals surface area contributed by atoms with Crippen LogP contribution in [0.3, 0.4) is 0 Å². The van der Waals surface area contributed by atoms with Crippen molar-refractivity contribution < 1.29 is 8.95 Å². The molecule has 0 bridgehead atoms. The van der Waals surface area contributed by atoms with Crippen LogP contribution in [0.4, 0.5) is 0 Å². The highest BCUT2D eigenvalue weighted by Gasteiger charge is 2.31. The van der Waals surface area contributed by atoms with Gasteiger partial charge in [-0.25, -0.2) is 0 Å². The maximum Gasteiger partial charge on any atom is 0.0736 e. The lowest BCUT2D eigenvalue weighted by Crippen LogP contribution is -2.48. The average Bonchev–Trinajstić information content (AvgIpc) is 2.16. The molecule has 0 saturated carbocycles. The lowest BCUT2D eigenvalue weighted by molar-refractivity contribution is 0.0901. The second kappa shape index (κ2) is 5.24. The van der Waals surface area contributed by atoms with E-state index < -0.39 is 10.8 Å². The first-order chi connectivity index (χ1) is 6.54. The molecule has 3 nitrogen and oxygen atoms in total. The van der Waals surface area contributed by atoms with Crippen LogP contribution >= 0.6 is 0 Å². The molecule has 0 spiro atoms. The van der Waals surface area contributed by atoms with E-state index in [1.165, 1.54) is 0 Å². The van der Waals surface area contributed by atoms with Crippen LogP contribution in [0.25, 0.3) is 0 Å². The van der Waals surface area contributed by atoms with E-state index in [0.717, 1.165) is 6.42 Å². The fraction of sp³-hybridized carbons (Fsp3) is 1.00. The van der Waals surface area contributed by atoms with Crippen molar-refractivity contribution >= 4 is 10.8 Å². The van der Waals surface area contributed by atoms with Crippen molar-refractivity contribution in [2.45, 2.75) is 43.7 Å². The highest BCUT2D eigenvalue weighted by Crippen LogP contribution is 2.18. The van der Waals surface area contributed by atoms with E-state index in [-0.39, 0.29) is 16.5 Å². The molecule has 4 atom stereocenters. The van der Waals surface area contributed by atoms with Crippen LogP contribution in [0.15, 0.2) is 0 Å². The van der Waals surface area contributed by atoms with Gasteiger partial charge in [-0.15, -0.1) is 0 Å². The molecule has 1 fully saturated rings. The normalized spacial score (nSPS) is 32.9. The molecule has 1 aliphatic heterocycles. The van der Waals surface area contributed by atoms with Gasteiger partial charge in [0.25, 0.3) is 0 Å². The summed E-state index contributed by atoms with van der Waals surface area (Å²) in [6.45, 7) is 7.49. The maximum absolute atomic E-state index is 12.1. The quantitative estimate of drug-likeness (QED) is 0.767. The van der Waals surface area contributed by atoms with Gasteiger partial charge in [0.15, 0.2) is 0 Å². The Bertz CT molecular complexity index is 208. The molecule has 0 aromatic rings. The summed E-state index contributed by atoms with van der Waals surface area (Å²) < 4.78 is 17.4. The van der Waals surface area contributed by atoms with E-state index >= 15 is 0 Å². The van der Waals surface area contributed by atoms with Crippen molar-refractivity contribution in [1.29, 1.82) is 0 Å². The number of ether oxygens (including phenoxy) is 1. The minimum atomic E-state index is -0.861. The fourth-order valence-corrected chi connectivity index (χ4v) is 3.31. The minimum Gasteiger partial charge on any atom is -0.380 e. The van der Waals surface area contributed by atoms with Crippen molar-refractivity contribution in [2.75, 3.05) is 13.2 Å². The first kappa shape index (κ1) is 12.1. The number of hydrogen-bond donors (Lipinski definition) is 1. The molecule has 0 aromatic heterocycles. The van der Waals surface area contributed by atoms with Gasteiger partial charge in [0.2, 0.25) is 0 Å². The lowest BCUT2D eigenvalue weighted by Gasteiger charge is -2.31. The first-order valence-electron chi connectivity index (χ1n) is 5.26. The van der Waals surface area contributed by atoms with Crippen LogP contribution in [0, 0.1) is 5.92 Å². The van der Waals surface area contributed by atoms with Crippen LogP contribution in [0.1, 0.15) is 27.2 Å². The van der Waals surface area contributed by atoms with Crippen molar-refractivity contribution in [3.05, 3.63) is 0 Å². The molecule has 1 saturated heterocycles. The average molecular weight is 219 g/mol. The molecule has 84 valence electrons. The van der Waals surface area contributed by atoms with Gasteiger partial charge in [-0.1, -0.05) is 20.8 Å². The molecule has 2 N–H and O–H groups in total. The SMILES string of the molecule is CC(C)C(C)S(=O)C1COCCC1N. The van der Waals surface area contributed by atoms with Crippen LogP contribution in [0.2, 0.25) is 0 Å². The zero-order valence-corrected chi connectivity index (χ0v) is 10.0. The van der Waals surface area contributed by atoms with E-state index in [1.807, 2.05) is 6.92 Å². The molecule has 4 unspecified atom stereocenters. The largest absolute Gasteiger partial charge is 0.380 e. The van der Waals surface area contributed by atoms with E-state index in [4.69, 9.17) is 10.5 Å². The van der Waals surface area contributed by atoms with Gasteiger partial charge in [-0.2, -0.15) is 0 Å². The summed E-state index contributed by atoms with van der Waals surface area (Å²) in [6, 6.07) is 0.0470. The van der Waals surface area contributed by atoms with Crippen LogP contribution in [-0.2, 0) is 15.5 Å². The standard InChI is InChI=1S/C10H21NO2S/c1-7(2)8(3)14(12)10-6-13-5-4-9(10)11/h7-10H,4-6,11H2,1-3H3. The molecular formula is C10H21NO2S. The van der Waals surface area contributed by atoms with Gasteiger partial charge in [0, 0.05) is 28.7 Å². The summed E-state index contributed by atoms with van der Waals surface area (Å²) in [6.07, 6.45) is 0.835. The third-order valence-electron chi connectivity index (χ3n) is 2.96. The van der Waals surface area contributed by atoms with Crippen molar-refractivity contribution in [1.82, 2.24) is 0 Å². The number of rotatable bonds is 3. The zero-order valence-electron chi connectivity index (χ0n) is 9.23. The summed E-state index contributed by atoms with van der Waals surface area (Å²) in [7, 11) is -0.861. The molecular weight excluding hydrogens is 198 g/mol. The Kier molecular flexibility index (Phi) is 4.54. The van der Waals surface area contributed by atoms with Crippen LogP contribution in [0.5, 0.6) is 0 Å². The van der Waals surface area contributed by atoms with Gasteiger partial charge < -0.3 is 10.5 Å². The Morgan fingerprint density at radius 2 is 2.07 bits per heavy atom. The lowest BCUT2D eigenvalue weighted by atomic mass is 10.1. The van der Waals surface area contributed by atoms with Gasteiger partial charge in [-0.05, 0) is 12.3 Å². The predicted octanol–water partition coefficient (Wildman–Crippen LogP) is 0.896. The Hall–Kier alpha value is 0.0700. The van der Waals surface area contributed by atoms with Gasteiger partial charge >= 0.3 is 0 Å². The van der Waals surface area contributed by atoms with E-state index in [9.17, 15) is 4.21 Å². The van der Waals surface area contributed by atoms with Crippen LogP contribution in [-0.4, -0.2) is 34.0 Å². The molecule has 14 heavy (non-hydrogen) atoms. The molecule has 0 radical (unpaired) electrons. The number of hydrogen-bond acceptors (Lipinski definition) is 3. The second-order valence-corrected chi connectivity index (χ2v) is 6.35. The zero-order chi connectivity index (χ0) is 10.7. The molecule has 1 aliphatic rings. The van der Waals surface area contributed by atoms with Crippen molar-refractivity contribution in [3.8, 4) is 0 Å². The Morgan fingerprint density at radius 3 is 2.57 bits per heavy atom. The summed E-state index contributed by atoms with van der Waals surface area (Å²) in [4.78, 5) is 0. The Balaban J connectivity index is 2.58. The Labute approximate surface area is 88.8 Å². The van der Waals surface area contributed by atoms with Crippen molar-refractivity contribution in [3.63, 3.8) is 0 Å². The molecule has 1 heterocycles. The molecule has 0 aromatic carbocycles. The monoisotopic (exact) mass is 219 g/mol. The van der Waals surface area contributed by atoms with E-state index in [2.05, 4.69) is 13.8 Å². The van der Waals surface area contributed by atoms with E-state index in [1.54, 1.807) is 0 Å². The minimum absolute atomic E-state index is 0.0288. The Morgan fingerprint density at radius 1 is 1.43 bits per heavy atom. The summed E-state index contributed by atoms with van der Waals surface area (Å²) in [5, 5.41) is 0.230. The molecule has 1 rings (SSSR count). The summed E-state index contributed by atoms with van der Waals surface area (Å²) in [5.74, 6) is 0.435. The first-order valence-corrected chi connectivity index (χ1v) is 6.54. The third-order valence-corrected chi connectivity index (χ3v) is 5.32.